The molecule has 1 amide bonds. The zero-order valence-electron chi connectivity index (χ0n) is 11.6. The van der Waals surface area contributed by atoms with Gasteiger partial charge in [-0.2, -0.15) is 5.26 Å². The van der Waals surface area contributed by atoms with Crippen molar-refractivity contribution in [3.63, 3.8) is 0 Å². The summed E-state index contributed by atoms with van der Waals surface area (Å²) in [4.78, 5) is 25.9. The number of pyridine rings is 1. The highest BCUT2D eigenvalue weighted by Gasteiger charge is 2.16. The van der Waals surface area contributed by atoms with E-state index >= 15 is 0 Å². The SMILES string of the molecule is Cc1ccc(C#N)c(=O)n1CCC(=O)N1CCNCC1. The summed E-state index contributed by atoms with van der Waals surface area (Å²) in [7, 11) is 0. The van der Waals surface area contributed by atoms with Gasteiger partial charge < -0.3 is 14.8 Å². The summed E-state index contributed by atoms with van der Waals surface area (Å²) in [5, 5.41) is 12.1. The maximum absolute atomic E-state index is 12.1. The number of aryl methyl sites for hydroxylation is 1. The third-order valence-corrected chi connectivity index (χ3v) is 3.53. The molecule has 0 radical (unpaired) electrons. The van der Waals surface area contributed by atoms with Gasteiger partial charge >= 0.3 is 0 Å². The molecule has 6 heteroatoms. The molecule has 2 rings (SSSR count). The molecule has 0 aromatic carbocycles. The maximum atomic E-state index is 12.1. The van der Waals surface area contributed by atoms with Gasteiger partial charge in [-0.15, -0.1) is 0 Å². The van der Waals surface area contributed by atoms with Gasteiger partial charge in [-0.3, -0.25) is 9.59 Å². The van der Waals surface area contributed by atoms with E-state index in [1.165, 1.54) is 10.6 Å². The number of carbonyl (C=O) groups is 1. The summed E-state index contributed by atoms with van der Waals surface area (Å²) < 4.78 is 1.50. The van der Waals surface area contributed by atoms with Gasteiger partial charge in [-0.05, 0) is 19.1 Å². The normalized spacial score (nSPS) is 14.9. The average Bonchev–Trinajstić information content (AvgIpc) is 2.48. The van der Waals surface area contributed by atoms with Crippen LogP contribution in [0.2, 0.25) is 0 Å². The number of hydrogen-bond donors (Lipinski definition) is 1. The van der Waals surface area contributed by atoms with Crippen LogP contribution in [0.15, 0.2) is 16.9 Å². The first-order valence-corrected chi connectivity index (χ1v) is 6.72. The van der Waals surface area contributed by atoms with Crippen molar-refractivity contribution in [2.24, 2.45) is 0 Å². The number of hydrogen-bond acceptors (Lipinski definition) is 4. The smallest absolute Gasteiger partial charge is 0.268 e. The number of nitriles is 1. The van der Waals surface area contributed by atoms with Crippen molar-refractivity contribution in [1.29, 1.82) is 5.26 Å². The van der Waals surface area contributed by atoms with E-state index in [2.05, 4.69) is 5.32 Å². The molecule has 1 aromatic rings. The molecule has 0 aliphatic carbocycles. The van der Waals surface area contributed by atoms with Crippen molar-refractivity contribution in [3.05, 3.63) is 33.7 Å². The van der Waals surface area contributed by atoms with E-state index in [9.17, 15) is 9.59 Å². The Hall–Kier alpha value is -2.13. The minimum Gasteiger partial charge on any atom is -0.340 e. The lowest BCUT2D eigenvalue weighted by Gasteiger charge is -2.27. The summed E-state index contributed by atoms with van der Waals surface area (Å²) in [6.45, 7) is 5.18. The molecule has 1 saturated heterocycles. The number of rotatable bonds is 3. The second-order valence-electron chi connectivity index (χ2n) is 4.84. The van der Waals surface area contributed by atoms with Crippen molar-refractivity contribution >= 4 is 5.91 Å². The Morgan fingerprint density at radius 2 is 2.10 bits per heavy atom. The monoisotopic (exact) mass is 274 g/mol. The van der Waals surface area contributed by atoms with Crippen LogP contribution in [0.4, 0.5) is 0 Å². The molecule has 106 valence electrons. The van der Waals surface area contributed by atoms with Gasteiger partial charge in [0.15, 0.2) is 0 Å². The number of nitrogens with zero attached hydrogens (tertiary/aromatic N) is 3. The van der Waals surface area contributed by atoms with Crippen LogP contribution in [0.5, 0.6) is 0 Å². The van der Waals surface area contributed by atoms with Crippen LogP contribution in [0.3, 0.4) is 0 Å². The molecule has 20 heavy (non-hydrogen) atoms. The minimum absolute atomic E-state index is 0.0557. The van der Waals surface area contributed by atoms with Crippen molar-refractivity contribution in [2.75, 3.05) is 26.2 Å². The van der Waals surface area contributed by atoms with E-state index in [0.29, 0.717) is 19.6 Å². The first-order chi connectivity index (χ1) is 9.63. The number of amides is 1. The predicted molar refractivity (Wildman–Crippen MR) is 74.2 cm³/mol. The molecule has 0 unspecified atom stereocenters. The van der Waals surface area contributed by atoms with E-state index in [4.69, 9.17) is 5.26 Å². The fourth-order valence-corrected chi connectivity index (χ4v) is 2.31. The third kappa shape index (κ3) is 3.06. The molecule has 0 saturated carbocycles. The van der Waals surface area contributed by atoms with E-state index in [1.54, 1.807) is 13.0 Å². The Labute approximate surface area is 117 Å². The highest BCUT2D eigenvalue weighted by atomic mass is 16.2. The van der Waals surface area contributed by atoms with Gasteiger partial charge in [0.1, 0.15) is 11.6 Å². The number of carbonyl (C=O) groups excluding carboxylic acids is 1. The van der Waals surface area contributed by atoms with E-state index < -0.39 is 0 Å². The van der Waals surface area contributed by atoms with Crippen LogP contribution in [0.25, 0.3) is 0 Å². The van der Waals surface area contributed by atoms with Crippen LogP contribution in [0.1, 0.15) is 17.7 Å². The van der Waals surface area contributed by atoms with E-state index in [-0.39, 0.29) is 23.5 Å². The second kappa shape index (κ2) is 6.35. The van der Waals surface area contributed by atoms with Crippen LogP contribution in [0, 0.1) is 18.3 Å². The summed E-state index contributed by atoms with van der Waals surface area (Å²) in [6.07, 6.45) is 0.287. The van der Waals surface area contributed by atoms with Crippen LogP contribution >= 0.6 is 0 Å². The molecule has 1 aliphatic heterocycles. The van der Waals surface area contributed by atoms with Gasteiger partial charge in [0.25, 0.3) is 5.56 Å². The first kappa shape index (κ1) is 14.3. The highest BCUT2D eigenvalue weighted by Crippen LogP contribution is 2.02. The lowest BCUT2D eigenvalue weighted by atomic mass is 10.2. The summed E-state index contributed by atoms with van der Waals surface area (Å²) >= 11 is 0. The van der Waals surface area contributed by atoms with Gasteiger partial charge in [0.05, 0.1) is 0 Å². The van der Waals surface area contributed by atoms with Crippen molar-refractivity contribution in [1.82, 2.24) is 14.8 Å². The van der Waals surface area contributed by atoms with Crippen LogP contribution < -0.4 is 10.9 Å². The second-order valence-corrected chi connectivity index (χ2v) is 4.84. The molecule has 0 atom stereocenters. The maximum Gasteiger partial charge on any atom is 0.268 e. The lowest BCUT2D eigenvalue weighted by molar-refractivity contribution is -0.132. The fraction of sp³-hybridized carbons (Fsp3) is 0.500. The average molecular weight is 274 g/mol. The van der Waals surface area contributed by atoms with Gasteiger partial charge in [-0.1, -0.05) is 0 Å². The molecule has 1 fully saturated rings. The topological polar surface area (TPSA) is 78.1 Å². The molecule has 1 N–H and O–H groups in total. The van der Waals surface area contributed by atoms with E-state index in [0.717, 1.165) is 18.8 Å². The Kier molecular flexibility index (Phi) is 4.53. The van der Waals surface area contributed by atoms with Gasteiger partial charge in [0.2, 0.25) is 5.91 Å². The first-order valence-electron chi connectivity index (χ1n) is 6.72. The standard InChI is InChI=1S/C14H18N4O2/c1-11-2-3-12(10-15)14(20)18(11)7-4-13(19)17-8-5-16-6-9-17/h2-3,16H,4-9H2,1H3. The number of nitrogens with one attached hydrogen (secondary N) is 1. The number of aromatic nitrogens is 1. The molecule has 1 aliphatic rings. The Bertz CT molecular complexity index is 594. The molecule has 1 aromatic heterocycles. The molecular formula is C14H18N4O2. The van der Waals surface area contributed by atoms with Crippen LogP contribution in [-0.2, 0) is 11.3 Å². The fourth-order valence-electron chi connectivity index (χ4n) is 2.31. The Morgan fingerprint density at radius 1 is 1.40 bits per heavy atom. The zero-order valence-corrected chi connectivity index (χ0v) is 11.6. The molecule has 0 spiro atoms. The van der Waals surface area contributed by atoms with E-state index in [1.807, 2.05) is 11.0 Å². The summed E-state index contributed by atoms with van der Waals surface area (Å²) in [5.41, 5.74) is 0.563. The van der Waals surface area contributed by atoms with Crippen molar-refractivity contribution in [3.8, 4) is 6.07 Å². The largest absolute Gasteiger partial charge is 0.340 e. The molecule has 0 bridgehead atoms. The summed E-state index contributed by atoms with van der Waals surface area (Å²) in [6, 6.07) is 5.13. The predicted octanol–water partition coefficient (Wildman–Crippen LogP) is -0.150. The summed E-state index contributed by atoms with van der Waals surface area (Å²) in [5.74, 6) is 0.0557. The third-order valence-electron chi connectivity index (χ3n) is 3.53. The quantitative estimate of drug-likeness (QED) is 0.831. The van der Waals surface area contributed by atoms with Gasteiger partial charge in [0, 0.05) is 44.8 Å². The minimum atomic E-state index is -0.319. The molecule has 6 nitrogen and oxygen atoms in total. The molecular weight excluding hydrogens is 256 g/mol. The van der Waals surface area contributed by atoms with Crippen molar-refractivity contribution in [2.45, 2.75) is 19.9 Å². The van der Waals surface area contributed by atoms with Gasteiger partial charge in [-0.25, -0.2) is 0 Å². The zero-order chi connectivity index (χ0) is 14.5. The lowest BCUT2D eigenvalue weighted by Crippen LogP contribution is -2.46. The number of piperazine rings is 1. The van der Waals surface area contributed by atoms with Crippen molar-refractivity contribution < 1.29 is 4.79 Å². The van der Waals surface area contributed by atoms with Crippen LogP contribution in [-0.4, -0.2) is 41.6 Å². The molecule has 2 heterocycles. The Balaban J connectivity index is 2.05. The Morgan fingerprint density at radius 3 is 2.75 bits per heavy atom. The highest BCUT2D eigenvalue weighted by molar-refractivity contribution is 5.76.